The molecule has 0 spiro atoms. The molecule has 0 saturated carbocycles. The lowest BCUT2D eigenvalue weighted by atomic mass is 10.00. The molecule has 0 bridgehead atoms. The molecule has 7 nitrogen and oxygen atoms in total. The van der Waals surface area contributed by atoms with Gasteiger partial charge in [-0.2, -0.15) is 0 Å². The Kier molecular flexibility index (Phi) is 7.50. The molecule has 0 aromatic heterocycles. The maximum absolute atomic E-state index is 12.5. The van der Waals surface area contributed by atoms with E-state index in [1.807, 2.05) is 12.1 Å². The largest absolute Gasteiger partial charge is 0.372 e. The third-order valence-corrected chi connectivity index (χ3v) is 5.74. The maximum atomic E-state index is 12.5. The van der Waals surface area contributed by atoms with E-state index >= 15 is 0 Å². The Morgan fingerprint density at radius 2 is 1.90 bits per heavy atom. The van der Waals surface area contributed by atoms with Crippen LogP contribution in [0.5, 0.6) is 0 Å². The summed E-state index contributed by atoms with van der Waals surface area (Å²) in [6, 6.07) is 5.23. The van der Waals surface area contributed by atoms with Gasteiger partial charge < -0.3 is 25.8 Å². The van der Waals surface area contributed by atoms with Crippen molar-refractivity contribution < 1.29 is 9.59 Å². The molecule has 2 aliphatic heterocycles. The highest BCUT2D eigenvalue weighted by molar-refractivity contribution is 6.05. The molecule has 1 fully saturated rings. The molecule has 1 aromatic carbocycles. The number of anilines is 2. The predicted molar refractivity (Wildman–Crippen MR) is 117 cm³/mol. The second-order valence-electron chi connectivity index (χ2n) is 8.46. The van der Waals surface area contributed by atoms with Gasteiger partial charge in [0.15, 0.2) is 0 Å². The van der Waals surface area contributed by atoms with Crippen molar-refractivity contribution >= 4 is 23.2 Å². The standard InChI is InChI=1S/C22H35N5O2/c1-4-26-10-12-27(13-11-26)9-5-8-23-21(28)17-6-7-18-19(15-17)25-22(29)20(24-18)14-16(2)3/h6-7,15-16,20,24H,4-5,8-14H2,1-3H3,(H,23,28)(H,25,29)/t20-/m1/s1. The van der Waals surface area contributed by atoms with Crippen LogP contribution < -0.4 is 16.0 Å². The second-order valence-corrected chi connectivity index (χ2v) is 8.46. The van der Waals surface area contributed by atoms with Crippen LogP contribution in [0.3, 0.4) is 0 Å². The molecule has 1 saturated heterocycles. The van der Waals surface area contributed by atoms with E-state index in [4.69, 9.17) is 0 Å². The topological polar surface area (TPSA) is 76.7 Å². The Labute approximate surface area is 174 Å². The van der Waals surface area contributed by atoms with Crippen LogP contribution in [0.25, 0.3) is 0 Å². The lowest BCUT2D eigenvalue weighted by Crippen LogP contribution is -2.46. The van der Waals surface area contributed by atoms with Crippen LogP contribution in [0, 0.1) is 5.92 Å². The van der Waals surface area contributed by atoms with E-state index in [2.05, 4.69) is 46.5 Å². The van der Waals surface area contributed by atoms with E-state index in [1.165, 1.54) is 0 Å². The highest BCUT2D eigenvalue weighted by atomic mass is 16.2. The average molecular weight is 402 g/mol. The van der Waals surface area contributed by atoms with Gasteiger partial charge in [-0.1, -0.05) is 20.8 Å². The van der Waals surface area contributed by atoms with E-state index in [0.29, 0.717) is 23.7 Å². The molecule has 160 valence electrons. The molecule has 0 radical (unpaired) electrons. The molecular formula is C22H35N5O2. The van der Waals surface area contributed by atoms with Crippen LogP contribution in [-0.4, -0.2) is 73.5 Å². The molecule has 2 aliphatic rings. The summed E-state index contributed by atoms with van der Waals surface area (Å²) < 4.78 is 0. The summed E-state index contributed by atoms with van der Waals surface area (Å²) in [4.78, 5) is 29.7. The maximum Gasteiger partial charge on any atom is 0.251 e. The van der Waals surface area contributed by atoms with Gasteiger partial charge in [0.1, 0.15) is 6.04 Å². The molecule has 3 rings (SSSR count). The molecule has 2 amide bonds. The van der Waals surface area contributed by atoms with Gasteiger partial charge in [0.25, 0.3) is 5.91 Å². The molecule has 1 aromatic rings. The molecule has 1 atom stereocenters. The van der Waals surface area contributed by atoms with Crippen LogP contribution in [0.2, 0.25) is 0 Å². The first-order valence-electron chi connectivity index (χ1n) is 10.9. The minimum Gasteiger partial charge on any atom is -0.372 e. The SMILES string of the molecule is CCN1CCN(CCCNC(=O)c2ccc3c(c2)NC(=O)[C@@H](CC(C)C)N3)CC1. The van der Waals surface area contributed by atoms with Crippen molar-refractivity contribution in [2.24, 2.45) is 5.92 Å². The fourth-order valence-electron chi connectivity index (χ4n) is 3.96. The van der Waals surface area contributed by atoms with Gasteiger partial charge in [0, 0.05) is 38.3 Å². The van der Waals surface area contributed by atoms with Crippen molar-refractivity contribution in [2.75, 3.05) is 56.4 Å². The van der Waals surface area contributed by atoms with Crippen LogP contribution in [0.15, 0.2) is 18.2 Å². The number of rotatable bonds is 8. The van der Waals surface area contributed by atoms with Gasteiger partial charge in [0.2, 0.25) is 5.91 Å². The molecular weight excluding hydrogens is 366 g/mol. The Hall–Kier alpha value is -2.12. The number of piperazine rings is 1. The third kappa shape index (κ3) is 5.93. The first kappa shape index (κ1) is 21.6. The fourth-order valence-corrected chi connectivity index (χ4v) is 3.96. The number of hydrogen-bond donors (Lipinski definition) is 3. The number of fused-ring (bicyclic) bond motifs is 1. The summed E-state index contributed by atoms with van der Waals surface area (Å²) in [5, 5.41) is 9.23. The van der Waals surface area contributed by atoms with Gasteiger partial charge in [-0.05, 0) is 50.0 Å². The fraction of sp³-hybridized carbons (Fsp3) is 0.636. The molecule has 2 heterocycles. The number of benzene rings is 1. The minimum absolute atomic E-state index is 0.0353. The van der Waals surface area contributed by atoms with Gasteiger partial charge in [0.05, 0.1) is 11.4 Å². The number of nitrogens with one attached hydrogen (secondary N) is 3. The summed E-state index contributed by atoms with van der Waals surface area (Å²) >= 11 is 0. The molecule has 29 heavy (non-hydrogen) atoms. The molecule has 3 N–H and O–H groups in total. The summed E-state index contributed by atoms with van der Waals surface area (Å²) in [5.74, 6) is 0.300. The highest BCUT2D eigenvalue weighted by Crippen LogP contribution is 2.29. The molecule has 7 heteroatoms. The number of carbonyl (C=O) groups excluding carboxylic acids is 2. The smallest absolute Gasteiger partial charge is 0.251 e. The molecule has 0 aliphatic carbocycles. The molecule has 0 unspecified atom stereocenters. The zero-order valence-corrected chi connectivity index (χ0v) is 18.0. The number of likely N-dealkylation sites (N-methyl/N-ethyl adjacent to an activating group) is 1. The quantitative estimate of drug-likeness (QED) is 0.583. The normalized spacial score (nSPS) is 20.1. The monoisotopic (exact) mass is 401 g/mol. The van der Waals surface area contributed by atoms with Crippen LogP contribution in [0.4, 0.5) is 11.4 Å². The summed E-state index contributed by atoms with van der Waals surface area (Å²) in [6.45, 7) is 13.7. The van der Waals surface area contributed by atoms with Crippen molar-refractivity contribution in [2.45, 2.75) is 39.7 Å². The van der Waals surface area contributed by atoms with Crippen molar-refractivity contribution in [1.82, 2.24) is 15.1 Å². The number of amides is 2. The Morgan fingerprint density at radius 1 is 1.17 bits per heavy atom. The summed E-state index contributed by atoms with van der Waals surface area (Å²) in [6.07, 6.45) is 1.72. The highest BCUT2D eigenvalue weighted by Gasteiger charge is 2.26. The number of hydrogen-bond acceptors (Lipinski definition) is 5. The zero-order valence-electron chi connectivity index (χ0n) is 18.0. The van der Waals surface area contributed by atoms with Crippen molar-refractivity contribution in [3.05, 3.63) is 23.8 Å². The predicted octanol–water partition coefficient (Wildman–Crippen LogP) is 2.22. The van der Waals surface area contributed by atoms with Crippen molar-refractivity contribution in [3.8, 4) is 0 Å². The Bertz CT molecular complexity index is 713. The van der Waals surface area contributed by atoms with Crippen LogP contribution in [-0.2, 0) is 4.79 Å². The van der Waals surface area contributed by atoms with E-state index in [1.54, 1.807) is 6.07 Å². The third-order valence-electron chi connectivity index (χ3n) is 5.74. The lowest BCUT2D eigenvalue weighted by Gasteiger charge is -2.33. The van der Waals surface area contributed by atoms with Gasteiger partial charge in [-0.15, -0.1) is 0 Å². The van der Waals surface area contributed by atoms with E-state index in [-0.39, 0.29) is 17.9 Å². The zero-order chi connectivity index (χ0) is 20.8. The van der Waals surface area contributed by atoms with Crippen molar-refractivity contribution in [3.63, 3.8) is 0 Å². The second kappa shape index (κ2) is 10.1. The Morgan fingerprint density at radius 3 is 2.59 bits per heavy atom. The first-order valence-corrected chi connectivity index (χ1v) is 10.9. The van der Waals surface area contributed by atoms with Gasteiger partial charge in [-0.3, -0.25) is 9.59 Å². The number of carbonyl (C=O) groups is 2. The minimum atomic E-state index is -0.221. The Balaban J connectivity index is 1.45. The van der Waals surface area contributed by atoms with Gasteiger partial charge >= 0.3 is 0 Å². The van der Waals surface area contributed by atoms with Crippen molar-refractivity contribution in [1.29, 1.82) is 0 Å². The van der Waals surface area contributed by atoms with E-state index < -0.39 is 0 Å². The summed E-state index contributed by atoms with van der Waals surface area (Å²) in [7, 11) is 0. The van der Waals surface area contributed by atoms with Crippen LogP contribution >= 0.6 is 0 Å². The van der Waals surface area contributed by atoms with E-state index in [9.17, 15) is 9.59 Å². The summed E-state index contributed by atoms with van der Waals surface area (Å²) in [5.41, 5.74) is 2.12. The number of nitrogens with zero attached hydrogens (tertiary/aromatic N) is 2. The first-order chi connectivity index (χ1) is 14.0. The van der Waals surface area contributed by atoms with Gasteiger partial charge in [-0.25, -0.2) is 0 Å². The lowest BCUT2D eigenvalue weighted by molar-refractivity contribution is -0.117. The average Bonchev–Trinajstić information content (AvgIpc) is 2.71. The van der Waals surface area contributed by atoms with E-state index in [0.717, 1.165) is 57.8 Å². The van der Waals surface area contributed by atoms with Crippen LogP contribution in [0.1, 0.15) is 44.0 Å².